The minimum absolute atomic E-state index is 0.0547. The summed E-state index contributed by atoms with van der Waals surface area (Å²) in [4.78, 5) is 44.3. The molecule has 2 N–H and O–H groups in total. The standard InChI is InChI=1S/C30H32ClN3O3S/c1-32-29(36)27-24(19-14-16-21(31)17-15-19)25(28(35)23-13-8-18-38-23)26(20-9-4-2-5-10-20)34(27)30(37)33-22-11-6-3-7-12-22/h2,4-5,8-10,13-18,22,24-27H,3,6-7,11-12H2,1H3,(H,32,36)(H,33,37). The summed E-state index contributed by atoms with van der Waals surface area (Å²) in [7, 11) is 1.57. The average Bonchev–Trinajstić information content (AvgIpc) is 3.61. The lowest BCUT2D eigenvalue weighted by molar-refractivity contribution is -0.125. The van der Waals surface area contributed by atoms with E-state index in [1.54, 1.807) is 24.1 Å². The van der Waals surface area contributed by atoms with Crippen LogP contribution < -0.4 is 10.6 Å². The molecule has 4 atom stereocenters. The zero-order valence-corrected chi connectivity index (χ0v) is 22.9. The van der Waals surface area contributed by atoms with Gasteiger partial charge in [0.1, 0.15) is 6.04 Å². The second-order valence-corrected chi connectivity index (χ2v) is 11.4. The van der Waals surface area contributed by atoms with Gasteiger partial charge < -0.3 is 15.5 Å². The quantitative estimate of drug-likeness (QED) is 0.359. The first-order chi connectivity index (χ1) is 18.5. The Morgan fingerprint density at radius 3 is 2.24 bits per heavy atom. The molecule has 0 radical (unpaired) electrons. The van der Waals surface area contributed by atoms with Gasteiger partial charge in [0.05, 0.1) is 16.8 Å². The highest BCUT2D eigenvalue weighted by Gasteiger charge is 2.57. The Morgan fingerprint density at radius 2 is 1.61 bits per heavy atom. The van der Waals surface area contributed by atoms with Crippen LogP contribution in [0.15, 0.2) is 72.1 Å². The molecular formula is C30H32ClN3O3S. The second-order valence-electron chi connectivity index (χ2n) is 10.1. The van der Waals surface area contributed by atoms with Crippen molar-refractivity contribution in [3.63, 3.8) is 0 Å². The number of likely N-dealkylation sites (tertiary alicyclic amines) is 1. The van der Waals surface area contributed by atoms with Gasteiger partial charge >= 0.3 is 6.03 Å². The van der Waals surface area contributed by atoms with E-state index in [2.05, 4.69) is 10.6 Å². The van der Waals surface area contributed by atoms with E-state index in [4.69, 9.17) is 11.6 Å². The molecular weight excluding hydrogens is 518 g/mol. The Hall–Kier alpha value is -3.16. The maximum Gasteiger partial charge on any atom is 0.318 e. The largest absolute Gasteiger partial charge is 0.357 e. The summed E-state index contributed by atoms with van der Waals surface area (Å²) in [6.45, 7) is 0. The van der Waals surface area contributed by atoms with E-state index in [1.165, 1.54) is 17.8 Å². The summed E-state index contributed by atoms with van der Waals surface area (Å²) in [5.41, 5.74) is 1.62. The number of Topliss-reactive ketones (excluding diaryl/α,β-unsaturated/α-hetero) is 1. The summed E-state index contributed by atoms with van der Waals surface area (Å²) >= 11 is 7.60. The molecule has 4 unspecified atom stereocenters. The first kappa shape index (κ1) is 26.4. The van der Waals surface area contributed by atoms with Crippen molar-refractivity contribution in [2.24, 2.45) is 5.92 Å². The molecule has 2 fully saturated rings. The van der Waals surface area contributed by atoms with Gasteiger partial charge in [-0.05, 0) is 47.5 Å². The molecule has 6 nitrogen and oxygen atoms in total. The summed E-state index contributed by atoms with van der Waals surface area (Å²) in [6.07, 6.45) is 5.13. The van der Waals surface area contributed by atoms with Crippen LogP contribution in [0, 0.1) is 5.92 Å². The first-order valence-electron chi connectivity index (χ1n) is 13.2. The summed E-state index contributed by atoms with van der Waals surface area (Å²) in [5.74, 6) is -1.61. The van der Waals surface area contributed by atoms with Gasteiger partial charge in [-0.3, -0.25) is 9.59 Å². The average molecular weight is 550 g/mol. The second kappa shape index (κ2) is 11.7. The molecule has 2 aromatic carbocycles. The smallest absolute Gasteiger partial charge is 0.318 e. The van der Waals surface area contributed by atoms with Gasteiger partial charge in [-0.25, -0.2) is 4.79 Å². The van der Waals surface area contributed by atoms with Crippen molar-refractivity contribution in [1.29, 1.82) is 0 Å². The molecule has 1 aliphatic heterocycles. The minimum Gasteiger partial charge on any atom is -0.357 e. The predicted octanol–water partition coefficient (Wildman–Crippen LogP) is 6.20. The lowest BCUT2D eigenvalue weighted by Gasteiger charge is -2.33. The number of nitrogens with one attached hydrogen (secondary N) is 2. The SMILES string of the molecule is CNC(=O)C1C(c2ccc(Cl)cc2)C(C(=O)c2cccs2)C(c2ccccc2)N1C(=O)NC1CCCCC1. The topological polar surface area (TPSA) is 78.5 Å². The maximum absolute atomic E-state index is 14.3. The number of thiophene rings is 1. The van der Waals surface area contributed by atoms with Crippen molar-refractivity contribution < 1.29 is 14.4 Å². The number of halogens is 1. The highest BCUT2D eigenvalue weighted by atomic mass is 35.5. The Morgan fingerprint density at radius 1 is 0.895 bits per heavy atom. The van der Waals surface area contributed by atoms with E-state index < -0.39 is 23.9 Å². The fraction of sp³-hybridized carbons (Fsp3) is 0.367. The fourth-order valence-corrected chi connectivity index (χ4v) is 6.92. The Bertz CT molecular complexity index is 1260. The molecule has 3 aromatic rings. The van der Waals surface area contributed by atoms with E-state index >= 15 is 0 Å². The maximum atomic E-state index is 14.3. The van der Waals surface area contributed by atoms with Crippen molar-refractivity contribution in [2.75, 3.05) is 7.05 Å². The van der Waals surface area contributed by atoms with Gasteiger partial charge in [-0.1, -0.05) is 79.4 Å². The van der Waals surface area contributed by atoms with Crippen molar-refractivity contribution >= 4 is 40.7 Å². The van der Waals surface area contributed by atoms with Crippen LogP contribution in [0.2, 0.25) is 5.02 Å². The number of nitrogens with zero attached hydrogens (tertiary/aromatic N) is 1. The van der Waals surface area contributed by atoms with Crippen LogP contribution in [0.4, 0.5) is 4.79 Å². The van der Waals surface area contributed by atoms with Crippen molar-refractivity contribution in [3.8, 4) is 0 Å². The van der Waals surface area contributed by atoms with E-state index in [1.807, 2.05) is 60.0 Å². The number of carbonyl (C=O) groups excluding carboxylic acids is 3. The third-order valence-electron chi connectivity index (χ3n) is 7.81. The predicted molar refractivity (Wildman–Crippen MR) is 151 cm³/mol. The number of amides is 3. The minimum atomic E-state index is -0.885. The molecule has 38 heavy (non-hydrogen) atoms. The van der Waals surface area contributed by atoms with Gasteiger partial charge in [0.25, 0.3) is 0 Å². The monoisotopic (exact) mass is 549 g/mol. The number of hydrogen-bond acceptors (Lipinski definition) is 4. The Labute approximate surface area is 232 Å². The number of ketones is 1. The highest BCUT2D eigenvalue weighted by Crippen LogP contribution is 2.51. The molecule has 2 aliphatic rings. The van der Waals surface area contributed by atoms with Gasteiger partial charge in [-0.2, -0.15) is 0 Å². The van der Waals surface area contributed by atoms with Crippen LogP contribution in [-0.4, -0.2) is 41.8 Å². The highest BCUT2D eigenvalue weighted by molar-refractivity contribution is 7.12. The number of carbonyl (C=O) groups is 3. The lowest BCUT2D eigenvalue weighted by Crippen LogP contribution is -2.53. The molecule has 5 rings (SSSR count). The molecule has 1 aromatic heterocycles. The fourth-order valence-electron chi connectivity index (χ4n) is 6.08. The zero-order chi connectivity index (χ0) is 26.6. The van der Waals surface area contributed by atoms with Gasteiger partial charge in [0.2, 0.25) is 5.91 Å². The van der Waals surface area contributed by atoms with Crippen molar-refractivity contribution in [3.05, 3.63) is 93.1 Å². The van der Waals surface area contributed by atoms with Crippen LogP contribution in [0.3, 0.4) is 0 Å². The molecule has 8 heteroatoms. The third-order valence-corrected chi connectivity index (χ3v) is 8.95. The lowest BCUT2D eigenvalue weighted by atomic mass is 9.77. The van der Waals surface area contributed by atoms with Gasteiger partial charge in [0, 0.05) is 24.0 Å². The van der Waals surface area contributed by atoms with Crippen molar-refractivity contribution in [1.82, 2.24) is 15.5 Å². The summed E-state index contributed by atoms with van der Waals surface area (Å²) < 4.78 is 0. The molecule has 0 bridgehead atoms. The van der Waals surface area contributed by atoms with E-state index in [0.717, 1.165) is 36.8 Å². The molecule has 198 valence electrons. The van der Waals surface area contributed by atoms with E-state index in [-0.39, 0.29) is 23.8 Å². The van der Waals surface area contributed by atoms with Crippen LogP contribution in [0.5, 0.6) is 0 Å². The van der Waals surface area contributed by atoms with Crippen LogP contribution in [-0.2, 0) is 4.79 Å². The van der Waals surface area contributed by atoms with Gasteiger partial charge in [-0.15, -0.1) is 11.3 Å². The Balaban J connectivity index is 1.68. The van der Waals surface area contributed by atoms with Crippen LogP contribution in [0.1, 0.15) is 64.9 Å². The van der Waals surface area contributed by atoms with Crippen LogP contribution in [0.25, 0.3) is 0 Å². The zero-order valence-electron chi connectivity index (χ0n) is 21.3. The number of likely N-dealkylation sites (N-methyl/N-ethyl adjacent to an activating group) is 1. The third kappa shape index (κ3) is 5.22. The summed E-state index contributed by atoms with van der Waals surface area (Å²) in [6, 6.07) is 18.8. The first-order valence-corrected chi connectivity index (χ1v) is 14.4. The molecule has 2 heterocycles. The van der Waals surface area contributed by atoms with Gasteiger partial charge in [0.15, 0.2) is 5.78 Å². The number of benzene rings is 2. The number of hydrogen-bond donors (Lipinski definition) is 2. The molecule has 3 amide bonds. The van der Waals surface area contributed by atoms with Crippen LogP contribution >= 0.6 is 22.9 Å². The van der Waals surface area contributed by atoms with E-state index in [0.29, 0.717) is 9.90 Å². The molecule has 1 saturated carbocycles. The normalized spacial score (nSPS) is 23.7. The molecule has 1 aliphatic carbocycles. The number of rotatable bonds is 6. The Kier molecular flexibility index (Phi) is 8.15. The van der Waals surface area contributed by atoms with E-state index in [9.17, 15) is 14.4 Å². The number of urea groups is 1. The molecule has 1 saturated heterocycles. The summed E-state index contributed by atoms with van der Waals surface area (Å²) in [5, 5.41) is 8.44. The van der Waals surface area contributed by atoms with Crippen molar-refractivity contribution in [2.45, 2.75) is 56.1 Å². The molecule has 0 spiro atoms.